The highest BCUT2D eigenvalue weighted by Crippen LogP contribution is 2.49. The summed E-state index contributed by atoms with van der Waals surface area (Å²) in [6, 6.07) is 13.1. The third-order valence-corrected chi connectivity index (χ3v) is 14.0. The van der Waals surface area contributed by atoms with Gasteiger partial charge in [-0.05, 0) is 37.8 Å². The average molecular weight is 916 g/mol. The van der Waals surface area contributed by atoms with Crippen LogP contribution in [0.5, 0.6) is 23.0 Å². The third-order valence-electron chi connectivity index (χ3n) is 14.0. The van der Waals surface area contributed by atoms with Crippen molar-refractivity contribution in [3.63, 3.8) is 0 Å². The van der Waals surface area contributed by atoms with Gasteiger partial charge in [0.15, 0.2) is 0 Å². The zero-order chi connectivity index (χ0) is 46.8. The van der Waals surface area contributed by atoms with Crippen molar-refractivity contribution in [2.75, 3.05) is 26.4 Å². The molecule has 3 rings (SSSR count). The van der Waals surface area contributed by atoms with Gasteiger partial charge in [0, 0.05) is 10.8 Å². The number of rotatable bonds is 48. The predicted octanol–water partition coefficient (Wildman–Crippen LogP) is 21.2. The van der Waals surface area contributed by atoms with E-state index in [1.807, 2.05) is 0 Å². The van der Waals surface area contributed by atoms with E-state index in [2.05, 4.69) is 64.1 Å². The van der Waals surface area contributed by atoms with Gasteiger partial charge in [-0.15, -0.1) is 0 Å². The molecule has 4 heteroatoms. The van der Waals surface area contributed by atoms with Crippen molar-refractivity contribution in [3.8, 4) is 23.0 Å². The number of fused-ring (bicyclic) bond motifs is 2. The second-order valence-electron chi connectivity index (χ2n) is 20.1. The minimum atomic E-state index is 0.694. The molecule has 4 nitrogen and oxygen atoms in total. The lowest BCUT2D eigenvalue weighted by molar-refractivity contribution is 0.292. The molecule has 0 bridgehead atoms. The first-order valence-corrected chi connectivity index (χ1v) is 29.3. The first-order chi connectivity index (χ1) is 32.8. The topological polar surface area (TPSA) is 36.9 Å². The van der Waals surface area contributed by atoms with E-state index in [1.165, 1.54) is 231 Å². The molecule has 0 aliphatic rings. The molecule has 0 N–H and O–H groups in total. The normalized spacial score (nSPS) is 11.6. The number of hydrogen-bond donors (Lipinski definition) is 0. The first kappa shape index (κ1) is 57.7. The minimum Gasteiger partial charge on any atom is -0.493 e. The molecule has 0 spiro atoms. The number of ether oxygens (including phenoxy) is 4. The standard InChI is InChI=1S/C62H106O4/c1-5-9-13-17-21-25-29-33-37-41-51-63-57-49-45-47-55-59(57)62(66-54-44-40-36-32-28-24-20-16-12-8-4)60-56(61(55)65-53-43-39-35-31-27-23-19-15-11-7-3)48-46-50-58(60)64-52-42-38-34-30-26-22-18-14-10-6-2/h45-50H,5-44,51-54H2,1-4H3. The molecule has 378 valence electrons. The molecule has 0 aliphatic heterocycles. The van der Waals surface area contributed by atoms with E-state index in [9.17, 15) is 0 Å². The Morgan fingerprint density at radius 3 is 0.742 bits per heavy atom. The van der Waals surface area contributed by atoms with E-state index in [0.29, 0.717) is 13.2 Å². The molecular weight excluding hydrogens is 809 g/mol. The van der Waals surface area contributed by atoms with Gasteiger partial charge in [0.25, 0.3) is 0 Å². The van der Waals surface area contributed by atoms with Crippen LogP contribution >= 0.6 is 0 Å². The third kappa shape index (κ3) is 25.7. The molecule has 0 unspecified atom stereocenters. The van der Waals surface area contributed by atoms with Crippen LogP contribution in [0.3, 0.4) is 0 Å². The van der Waals surface area contributed by atoms with Crippen molar-refractivity contribution >= 4 is 21.5 Å². The molecule has 66 heavy (non-hydrogen) atoms. The number of unbranched alkanes of at least 4 members (excludes halogenated alkanes) is 36. The maximum Gasteiger partial charge on any atom is 0.142 e. The number of benzene rings is 3. The van der Waals surface area contributed by atoms with E-state index < -0.39 is 0 Å². The fourth-order valence-corrected chi connectivity index (χ4v) is 9.79. The summed E-state index contributed by atoms with van der Waals surface area (Å²) in [4.78, 5) is 0. The van der Waals surface area contributed by atoms with Gasteiger partial charge in [0.05, 0.1) is 37.2 Å². The first-order valence-electron chi connectivity index (χ1n) is 29.3. The van der Waals surface area contributed by atoms with Crippen molar-refractivity contribution in [2.24, 2.45) is 0 Å². The van der Waals surface area contributed by atoms with Gasteiger partial charge in [-0.2, -0.15) is 0 Å². The Balaban J connectivity index is 1.79. The average Bonchev–Trinajstić information content (AvgIpc) is 3.33. The van der Waals surface area contributed by atoms with Crippen LogP contribution in [0.25, 0.3) is 21.5 Å². The lowest BCUT2D eigenvalue weighted by atomic mass is 9.98. The molecule has 0 aromatic heterocycles. The zero-order valence-corrected chi connectivity index (χ0v) is 44.2. The summed E-state index contributed by atoms with van der Waals surface area (Å²) in [6.45, 7) is 12.1. The zero-order valence-electron chi connectivity index (χ0n) is 44.2. The molecule has 0 fully saturated rings. The molecule has 0 atom stereocenters. The lowest BCUT2D eigenvalue weighted by Gasteiger charge is -2.22. The van der Waals surface area contributed by atoms with Crippen LogP contribution in [0.1, 0.15) is 285 Å². The van der Waals surface area contributed by atoms with Gasteiger partial charge in [-0.25, -0.2) is 0 Å². The summed E-state index contributed by atoms with van der Waals surface area (Å²) < 4.78 is 27.6. The van der Waals surface area contributed by atoms with Crippen LogP contribution in [0, 0.1) is 0 Å². The number of hydrogen-bond acceptors (Lipinski definition) is 4. The summed E-state index contributed by atoms with van der Waals surface area (Å²) in [5.74, 6) is 3.70. The Morgan fingerprint density at radius 1 is 0.242 bits per heavy atom. The quantitative estimate of drug-likeness (QED) is 0.0418. The summed E-state index contributed by atoms with van der Waals surface area (Å²) in [5.41, 5.74) is 0. The van der Waals surface area contributed by atoms with Crippen LogP contribution in [0.15, 0.2) is 36.4 Å². The van der Waals surface area contributed by atoms with Crippen molar-refractivity contribution in [1.29, 1.82) is 0 Å². The van der Waals surface area contributed by atoms with Gasteiger partial charge in [-0.3, -0.25) is 0 Å². The maximum atomic E-state index is 7.05. The highest BCUT2D eigenvalue weighted by atomic mass is 16.5. The van der Waals surface area contributed by atoms with Crippen LogP contribution in [0.4, 0.5) is 0 Å². The fourth-order valence-electron chi connectivity index (χ4n) is 9.79. The Hall–Kier alpha value is -2.62. The summed E-state index contributed by atoms with van der Waals surface area (Å²) >= 11 is 0. The van der Waals surface area contributed by atoms with E-state index in [1.54, 1.807) is 0 Å². The smallest absolute Gasteiger partial charge is 0.142 e. The maximum absolute atomic E-state index is 7.05. The SMILES string of the molecule is CCCCCCCCCCCCOc1c2cccc(OCCCCCCCCCCCC)c2c(OCCCCCCCCCCCC)c2c(OCCCCCCCCCCCC)cccc12. The fraction of sp³-hybridized carbons (Fsp3) is 0.774. The van der Waals surface area contributed by atoms with Gasteiger partial charge < -0.3 is 18.9 Å². The van der Waals surface area contributed by atoms with Gasteiger partial charge >= 0.3 is 0 Å². The highest BCUT2D eigenvalue weighted by molar-refractivity contribution is 6.15. The molecule has 3 aromatic carbocycles. The monoisotopic (exact) mass is 915 g/mol. The summed E-state index contributed by atoms with van der Waals surface area (Å²) in [6.07, 6.45) is 52.6. The summed E-state index contributed by atoms with van der Waals surface area (Å²) in [7, 11) is 0. The Labute approximate surface area is 409 Å². The van der Waals surface area contributed by atoms with Gasteiger partial charge in [0.1, 0.15) is 23.0 Å². The second kappa shape index (κ2) is 41.4. The Bertz CT molecular complexity index is 1460. The Kier molecular flexibility index (Phi) is 36.2. The van der Waals surface area contributed by atoms with E-state index in [0.717, 1.165) is 83.4 Å². The summed E-state index contributed by atoms with van der Waals surface area (Å²) in [5, 5.41) is 4.30. The van der Waals surface area contributed by atoms with Crippen molar-refractivity contribution < 1.29 is 18.9 Å². The van der Waals surface area contributed by atoms with Crippen LogP contribution in [-0.2, 0) is 0 Å². The minimum absolute atomic E-state index is 0.694. The molecule has 0 saturated carbocycles. The molecular formula is C62H106O4. The predicted molar refractivity (Wildman–Crippen MR) is 291 cm³/mol. The largest absolute Gasteiger partial charge is 0.493 e. The second-order valence-corrected chi connectivity index (χ2v) is 20.1. The molecule has 0 radical (unpaired) electrons. The molecule has 0 amide bonds. The molecule has 3 aromatic rings. The van der Waals surface area contributed by atoms with E-state index in [-0.39, 0.29) is 0 Å². The lowest BCUT2D eigenvalue weighted by Crippen LogP contribution is -2.06. The van der Waals surface area contributed by atoms with E-state index >= 15 is 0 Å². The van der Waals surface area contributed by atoms with Crippen molar-refractivity contribution in [2.45, 2.75) is 285 Å². The van der Waals surface area contributed by atoms with Gasteiger partial charge in [0.2, 0.25) is 0 Å². The van der Waals surface area contributed by atoms with Crippen molar-refractivity contribution in [1.82, 2.24) is 0 Å². The van der Waals surface area contributed by atoms with E-state index in [4.69, 9.17) is 18.9 Å². The van der Waals surface area contributed by atoms with Crippen LogP contribution in [0.2, 0.25) is 0 Å². The van der Waals surface area contributed by atoms with Crippen LogP contribution < -0.4 is 18.9 Å². The Morgan fingerprint density at radius 2 is 0.470 bits per heavy atom. The van der Waals surface area contributed by atoms with Crippen molar-refractivity contribution in [3.05, 3.63) is 36.4 Å². The van der Waals surface area contributed by atoms with Gasteiger partial charge in [-0.1, -0.05) is 283 Å². The molecule has 0 aliphatic carbocycles. The molecule has 0 saturated heterocycles. The van der Waals surface area contributed by atoms with Crippen LogP contribution in [-0.4, -0.2) is 26.4 Å². The highest BCUT2D eigenvalue weighted by Gasteiger charge is 2.23. The molecule has 0 heterocycles.